The van der Waals surface area contributed by atoms with Crippen LogP contribution in [0.3, 0.4) is 0 Å². The highest BCUT2D eigenvalue weighted by molar-refractivity contribution is 5.94. The Bertz CT molecular complexity index is 693. The molecular weight excluding hydrogens is 278 g/mol. The van der Waals surface area contributed by atoms with Crippen LogP contribution in [0.4, 0.5) is 0 Å². The average Bonchev–Trinajstić information content (AvgIpc) is 3.19. The number of furan rings is 2. The van der Waals surface area contributed by atoms with Crippen LogP contribution in [0, 0.1) is 6.92 Å². The molecule has 4 heteroatoms. The highest BCUT2D eigenvalue weighted by Crippen LogP contribution is 2.15. The lowest BCUT2D eigenvalue weighted by Gasteiger charge is -2.21. The third-order valence-corrected chi connectivity index (χ3v) is 3.41. The van der Waals surface area contributed by atoms with Crippen molar-refractivity contribution in [3.8, 4) is 0 Å². The molecule has 0 atom stereocenters. The van der Waals surface area contributed by atoms with Gasteiger partial charge in [0.2, 0.25) is 0 Å². The summed E-state index contributed by atoms with van der Waals surface area (Å²) in [5.74, 6) is 1.44. The standard InChI is InChI=1S/C18H17NO3/c1-14-5-2-6-15(11-14)18(20)19(12-16-7-3-9-21-16)13-17-8-4-10-22-17/h2-11H,12-13H2,1H3. The van der Waals surface area contributed by atoms with Crippen molar-refractivity contribution in [3.05, 3.63) is 83.7 Å². The third-order valence-electron chi connectivity index (χ3n) is 3.41. The molecule has 0 aliphatic rings. The van der Waals surface area contributed by atoms with Crippen LogP contribution >= 0.6 is 0 Å². The second-order valence-electron chi connectivity index (χ2n) is 5.19. The van der Waals surface area contributed by atoms with Crippen molar-refractivity contribution in [3.63, 3.8) is 0 Å². The molecule has 1 aromatic carbocycles. The van der Waals surface area contributed by atoms with Crippen LogP contribution in [0.5, 0.6) is 0 Å². The zero-order chi connectivity index (χ0) is 15.4. The lowest BCUT2D eigenvalue weighted by atomic mass is 10.1. The van der Waals surface area contributed by atoms with Gasteiger partial charge in [-0.1, -0.05) is 17.7 Å². The molecule has 0 aliphatic carbocycles. The molecule has 0 saturated carbocycles. The van der Waals surface area contributed by atoms with E-state index in [9.17, 15) is 4.79 Å². The molecule has 22 heavy (non-hydrogen) atoms. The van der Waals surface area contributed by atoms with Crippen molar-refractivity contribution >= 4 is 5.91 Å². The number of nitrogens with zero attached hydrogens (tertiary/aromatic N) is 1. The number of carbonyl (C=O) groups is 1. The van der Waals surface area contributed by atoms with Gasteiger partial charge in [0.05, 0.1) is 25.6 Å². The van der Waals surface area contributed by atoms with Crippen molar-refractivity contribution in [1.82, 2.24) is 4.90 Å². The van der Waals surface area contributed by atoms with Gasteiger partial charge in [-0.15, -0.1) is 0 Å². The van der Waals surface area contributed by atoms with E-state index in [1.807, 2.05) is 55.5 Å². The number of amides is 1. The van der Waals surface area contributed by atoms with Gasteiger partial charge in [0.1, 0.15) is 11.5 Å². The zero-order valence-electron chi connectivity index (χ0n) is 12.4. The van der Waals surface area contributed by atoms with Gasteiger partial charge in [0.15, 0.2) is 0 Å². The Morgan fingerprint density at radius 2 is 1.59 bits per heavy atom. The lowest BCUT2D eigenvalue weighted by Crippen LogP contribution is -2.29. The minimum atomic E-state index is -0.0449. The Kier molecular flexibility index (Phi) is 4.10. The van der Waals surface area contributed by atoms with E-state index in [1.165, 1.54) is 0 Å². The molecule has 0 bridgehead atoms. The van der Waals surface area contributed by atoms with Crippen molar-refractivity contribution in [2.45, 2.75) is 20.0 Å². The zero-order valence-corrected chi connectivity index (χ0v) is 12.4. The van der Waals surface area contributed by atoms with E-state index in [-0.39, 0.29) is 5.91 Å². The van der Waals surface area contributed by atoms with E-state index in [0.717, 1.165) is 17.1 Å². The minimum Gasteiger partial charge on any atom is -0.467 e. The van der Waals surface area contributed by atoms with Crippen LogP contribution in [0.25, 0.3) is 0 Å². The SMILES string of the molecule is Cc1cccc(C(=O)N(Cc2ccco2)Cc2ccco2)c1. The highest BCUT2D eigenvalue weighted by atomic mass is 16.3. The molecule has 3 aromatic rings. The van der Waals surface area contributed by atoms with Gasteiger partial charge in [0.25, 0.3) is 5.91 Å². The molecule has 3 rings (SSSR count). The largest absolute Gasteiger partial charge is 0.467 e. The lowest BCUT2D eigenvalue weighted by molar-refractivity contribution is 0.0705. The fourth-order valence-corrected chi connectivity index (χ4v) is 2.34. The van der Waals surface area contributed by atoms with E-state index in [1.54, 1.807) is 17.4 Å². The van der Waals surface area contributed by atoms with Crippen molar-refractivity contribution in [2.75, 3.05) is 0 Å². The number of carbonyl (C=O) groups excluding carboxylic acids is 1. The molecule has 0 N–H and O–H groups in total. The molecule has 0 saturated heterocycles. The molecule has 0 spiro atoms. The predicted molar refractivity (Wildman–Crippen MR) is 82.2 cm³/mol. The van der Waals surface area contributed by atoms with Crippen LogP contribution in [0.15, 0.2) is 69.9 Å². The smallest absolute Gasteiger partial charge is 0.254 e. The van der Waals surface area contributed by atoms with Gasteiger partial charge in [-0.2, -0.15) is 0 Å². The minimum absolute atomic E-state index is 0.0449. The quantitative estimate of drug-likeness (QED) is 0.714. The second kappa shape index (κ2) is 6.35. The molecule has 0 fully saturated rings. The molecule has 2 aromatic heterocycles. The predicted octanol–water partition coefficient (Wildman–Crippen LogP) is 4.02. The first-order valence-corrected chi connectivity index (χ1v) is 7.13. The maximum absolute atomic E-state index is 12.8. The molecule has 0 radical (unpaired) electrons. The van der Waals surface area contributed by atoms with E-state index in [4.69, 9.17) is 8.83 Å². The van der Waals surface area contributed by atoms with E-state index < -0.39 is 0 Å². The maximum Gasteiger partial charge on any atom is 0.254 e. The van der Waals surface area contributed by atoms with Gasteiger partial charge in [-0.25, -0.2) is 0 Å². The normalized spacial score (nSPS) is 10.6. The summed E-state index contributed by atoms with van der Waals surface area (Å²) in [6, 6.07) is 14.9. The van der Waals surface area contributed by atoms with E-state index in [0.29, 0.717) is 18.7 Å². The molecule has 1 amide bonds. The topological polar surface area (TPSA) is 46.6 Å². The molecule has 0 unspecified atom stereocenters. The van der Waals surface area contributed by atoms with Crippen LogP contribution < -0.4 is 0 Å². The van der Waals surface area contributed by atoms with Gasteiger partial charge < -0.3 is 13.7 Å². The van der Waals surface area contributed by atoms with Crippen molar-refractivity contribution in [1.29, 1.82) is 0 Å². The fraction of sp³-hybridized carbons (Fsp3) is 0.167. The number of aryl methyl sites for hydroxylation is 1. The highest BCUT2D eigenvalue weighted by Gasteiger charge is 2.18. The Morgan fingerprint density at radius 3 is 2.09 bits per heavy atom. The average molecular weight is 295 g/mol. The first-order chi connectivity index (χ1) is 10.7. The first-order valence-electron chi connectivity index (χ1n) is 7.13. The Hall–Kier alpha value is -2.75. The number of hydrogen-bond acceptors (Lipinski definition) is 3. The van der Waals surface area contributed by atoms with Gasteiger partial charge >= 0.3 is 0 Å². The van der Waals surface area contributed by atoms with Crippen LogP contribution in [0.2, 0.25) is 0 Å². The molecular formula is C18H17NO3. The summed E-state index contributed by atoms with van der Waals surface area (Å²) in [6.07, 6.45) is 3.22. The number of rotatable bonds is 5. The van der Waals surface area contributed by atoms with E-state index in [2.05, 4.69) is 0 Å². The third kappa shape index (κ3) is 3.28. The Labute approximate surface area is 129 Å². The summed E-state index contributed by atoms with van der Waals surface area (Å²) < 4.78 is 10.7. The van der Waals surface area contributed by atoms with Gasteiger partial charge in [0, 0.05) is 5.56 Å². The summed E-state index contributed by atoms with van der Waals surface area (Å²) in [7, 11) is 0. The monoisotopic (exact) mass is 295 g/mol. The Morgan fingerprint density at radius 1 is 0.955 bits per heavy atom. The van der Waals surface area contributed by atoms with Gasteiger partial charge in [-0.3, -0.25) is 4.79 Å². The van der Waals surface area contributed by atoms with Crippen LogP contribution in [0.1, 0.15) is 27.4 Å². The summed E-state index contributed by atoms with van der Waals surface area (Å²) >= 11 is 0. The Balaban J connectivity index is 1.85. The molecule has 4 nitrogen and oxygen atoms in total. The summed E-state index contributed by atoms with van der Waals surface area (Å²) in [5, 5.41) is 0. The molecule has 2 heterocycles. The van der Waals surface area contributed by atoms with Crippen molar-refractivity contribution < 1.29 is 13.6 Å². The van der Waals surface area contributed by atoms with E-state index >= 15 is 0 Å². The summed E-state index contributed by atoms with van der Waals surface area (Å²) in [4.78, 5) is 14.5. The number of hydrogen-bond donors (Lipinski definition) is 0. The molecule has 112 valence electrons. The first kappa shape index (κ1) is 14.2. The number of benzene rings is 1. The second-order valence-corrected chi connectivity index (χ2v) is 5.19. The van der Waals surface area contributed by atoms with Crippen molar-refractivity contribution in [2.24, 2.45) is 0 Å². The maximum atomic E-state index is 12.8. The molecule has 0 aliphatic heterocycles. The fourth-order valence-electron chi connectivity index (χ4n) is 2.34. The summed E-state index contributed by atoms with van der Waals surface area (Å²) in [5.41, 5.74) is 1.72. The van der Waals surface area contributed by atoms with Gasteiger partial charge in [-0.05, 0) is 43.3 Å². The van der Waals surface area contributed by atoms with Crippen LogP contribution in [-0.2, 0) is 13.1 Å². The summed E-state index contributed by atoms with van der Waals surface area (Å²) in [6.45, 7) is 2.78. The van der Waals surface area contributed by atoms with Crippen LogP contribution in [-0.4, -0.2) is 10.8 Å².